The number of aromatic hydroxyl groups is 2. The predicted molar refractivity (Wildman–Crippen MR) is 85.9 cm³/mol. The Bertz CT molecular complexity index is 754. The first kappa shape index (κ1) is 13.3. The van der Waals surface area contributed by atoms with Crippen molar-refractivity contribution in [2.24, 2.45) is 0 Å². The fourth-order valence-corrected chi connectivity index (χ4v) is 2.55. The molecule has 0 saturated heterocycles. The molecule has 106 valence electrons. The summed E-state index contributed by atoms with van der Waals surface area (Å²) < 4.78 is 0. The predicted octanol–water partition coefficient (Wildman–Crippen LogP) is 3.91. The van der Waals surface area contributed by atoms with Gasteiger partial charge < -0.3 is 15.5 Å². The van der Waals surface area contributed by atoms with Crippen LogP contribution in [0.15, 0.2) is 60.7 Å². The number of phenolic OH excluding ortho intramolecular Hbond substituents is 2. The number of para-hydroxylation sites is 1. The van der Waals surface area contributed by atoms with Gasteiger partial charge in [0.25, 0.3) is 0 Å². The van der Waals surface area contributed by atoms with Crippen molar-refractivity contribution in [1.29, 1.82) is 0 Å². The standard InChI is InChI=1S/C18H17NO2/c20-16-10-9-13(18-15(16)7-4-8-17(18)21)11-12-19-14-5-2-1-3-6-14/h1-10,19-21H,11-12H2. The molecule has 3 aromatic rings. The van der Waals surface area contributed by atoms with E-state index in [-0.39, 0.29) is 11.5 Å². The molecular weight excluding hydrogens is 262 g/mol. The van der Waals surface area contributed by atoms with E-state index >= 15 is 0 Å². The number of phenols is 2. The Hall–Kier alpha value is -2.68. The molecule has 0 radical (unpaired) electrons. The van der Waals surface area contributed by atoms with E-state index < -0.39 is 0 Å². The van der Waals surface area contributed by atoms with Crippen molar-refractivity contribution in [2.75, 3.05) is 11.9 Å². The summed E-state index contributed by atoms with van der Waals surface area (Å²) >= 11 is 0. The van der Waals surface area contributed by atoms with Crippen molar-refractivity contribution in [2.45, 2.75) is 6.42 Å². The first-order chi connectivity index (χ1) is 10.3. The second-order valence-electron chi connectivity index (χ2n) is 4.99. The lowest BCUT2D eigenvalue weighted by molar-refractivity contribution is 0.475. The van der Waals surface area contributed by atoms with Gasteiger partial charge >= 0.3 is 0 Å². The third-order valence-electron chi connectivity index (χ3n) is 3.58. The maximum absolute atomic E-state index is 10.1. The second-order valence-corrected chi connectivity index (χ2v) is 4.99. The number of hydrogen-bond acceptors (Lipinski definition) is 3. The third kappa shape index (κ3) is 2.77. The maximum atomic E-state index is 10.1. The minimum atomic E-state index is 0.195. The lowest BCUT2D eigenvalue weighted by Gasteiger charge is -2.11. The highest BCUT2D eigenvalue weighted by Crippen LogP contribution is 2.33. The Morgan fingerprint density at radius 2 is 1.57 bits per heavy atom. The van der Waals surface area contributed by atoms with Crippen LogP contribution in [-0.2, 0) is 6.42 Å². The zero-order chi connectivity index (χ0) is 14.7. The maximum Gasteiger partial charge on any atom is 0.123 e. The fourth-order valence-electron chi connectivity index (χ4n) is 2.55. The zero-order valence-corrected chi connectivity index (χ0v) is 11.6. The van der Waals surface area contributed by atoms with Crippen molar-refractivity contribution in [3.8, 4) is 11.5 Å². The Morgan fingerprint density at radius 3 is 2.38 bits per heavy atom. The molecule has 21 heavy (non-hydrogen) atoms. The van der Waals surface area contributed by atoms with Gasteiger partial charge in [-0.2, -0.15) is 0 Å². The van der Waals surface area contributed by atoms with Crippen molar-refractivity contribution in [1.82, 2.24) is 0 Å². The normalized spacial score (nSPS) is 10.7. The van der Waals surface area contributed by atoms with Gasteiger partial charge in [-0.15, -0.1) is 0 Å². The monoisotopic (exact) mass is 279 g/mol. The number of anilines is 1. The first-order valence-electron chi connectivity index (χ1n) is 6.97. The van der Waals surface area contributed by atoms with Crippen molar-refractivity contribution >= 4 is 16.5 Å². The number of rotatable bonds is 4. The van der Waals surface area contributed by atoms with Crippen molar-refractivity contribution in [3.05, 3.63) is 66.2 Å². The Labute approximate surface area is 123 Å². The molecular formula is C18H17NO2. The van der Waals surface area contributed by atoms with Gasteiger partial charge in [0.05, 0.1) is 0 Å². The Kier molecular flexibility index (Phi) is 3.65. The average molecular weight is 279 g/mol. The largest absolute Gasteiger partial charge is 0.507 e. The molecule has 3 aromatic carbocycles. The quantitative estimate of drug-likeness (QED) is 0.678. The lowest BCUT2D eigenvalue weighted by atomic mass is 10.0. The Balaban J connectivity index is 1.83. The smallest absolute Gasteiger partial charge is 0.123 e. The van der Waals surface area contributed by atoms with Gasteiger partial charge in [0.15, 0.2) is 0 Å². The van der Waals surface area contributed by atoms with Gasteiger partial charge in [-0.05, 0) is 36.2 Å². The van der Waals surface area contributed by atoms with Crippen LogP contribution in [-0.4, -0.2) is 16.8 Å². The number of fused-ring (bicyclic) bond motifs is 1. The molecule has 0 amide bonds. The van der Waals surface area contributed by atoms with Crippen LogP contribution < -0.4 is 5.32 Å². The van der Waals surface area contributed by atoms with Gasteiger partial charge in [-0.25, -0.2) is 0 Å². The van der Waals surface area contributed by atoms with E-state index in [0.717, 1.165) is 29.6 Å². The molecule has 3 rings (SSSR count). The lowest BCUT2D eigenvalue weighted by Crippen LogP contribution is -2.05. The van der Waals surface area contributed by atoms with Gasteiger partial charge in [-0.1, -0.05) is 36.4 Å². The minimum absolute atomic E-state index is 0.195. The van der Waals surface area contributed by atoms with Gasteiger partial charge in [0.2, 0.25) is 0 Å². The highest BCUT2D eigenvalue weighted by molar-refractivity contribution is 5.95. The summed E-state index contributed by atoms with van der Waals surface area (Å²) in [6.45, 7) is 0.762. The van der Waals surface area contributed by atoms with E-state index in [1.165, 1.54) is 0 Å². The van der Waals surface area contributed by atoms with E-state index in [1.807, 2.05) is 42.5 Å². The van der Waals surface area contributed by atoms with Crippen LogP contribution in [0.4, 0.5) is 5.69 Å². The van der Waals surface area contributed by atoms with Crippen LogP contribution in [0.5, 0.6) is 11.5 Å². The molecule has 0 saturated carbocycles. The summed E-state index contributed by atoms with van der Waals surface area (Å²) in [5, 5.41) is 24.7. The van der Waals surface area contributed by atoms with Gasteiger partial charge in [0.1, 0.15) is 11.5 Å². The van der Waals surface area contributed by atoms with Crippen LogP contribution in [0.3, 0.4) is 0 Å². The van der Waals surface area contributed by atoms with Crippen LogP contribution in [0, 0.1) is 0 Å². The van der Waals surface area contributed by atoms with E-state index in [1.54, 1.807) is 18.2 Å². The van der Waals surface area contributed by atoms with E-state index in [0.29, 0.717) is 5.39 Å². The fraction of sp³-hybridized carbons (Fsp3) is 0.111. The van der Waals surface area contributed by atoms with Crippen molar-refractivity contribution in [3.63, 3.8) is 0 Å². The summed E-state index contributed by atoms with van der Waals surface area (Å²) in [6.07, 6.45) is 0.767. The molecule has 0 aromatic heterocycles. The second kappa shape index (κ2) is 5.75. The molecule has 0 bridgehead atoms. The molecule has 0 atom stereocenters. The highest BCUT2D eigenvalue weighted by atomic mass is 16.3. The molecule has 0 heterocycles. The number of hydrogen-bond donors (Lipinski definition) is 3. The summed E-state index contributed by atoms with van der Waals surface area (Å²) in [4.78, 5) is 0. The SMILES string of the molecule is Oc1ccc(CCNc2ccccc2)c2c(O)cccc12. The molecule has 0 aliphatic rings. The van der Waals surface area contributed by atoms with Crippen molar-refractivity contribution < 1.29 is 10.2 Å². The number of nitrogens with one attached hydrogen (secondary N) is 1. The molecule has 0 unspecified atom stereocenters. The summed E-state index contributed by atoms with van der Waals surface area (Å²) in [5.74, 6) is 0.402. The summed E-state index contributed by atoms with van der Waals surface area (Å²) in [7, 11) is 0. The molecule has 0 aliphatic carbocycles. The molecule has 3 N–H and O–H groups in total. The molecule has 3 nitrogen and oxygen atoms in total. The van der Waals surface area contributed by atoms with E-state index in [9.17, 15) is 10.2 Å². The zero-order valence-electron chi connectivity index (χ0n) is 11.6. The topological polar surface area (TPSA) is 52.5 Å². The summed E-state index contributed by atoms with van der Waals surface area (Å²) in [5.41, 5.74) is 2.09. The van der Waals surface area contributed by atoms with Crippen LogP contribution >= 0.6 is 0 Å². The van der Waals surface area contributed by atoms with Crippen LogP contribution in [0.25, 0.3) is 10.8 Å². The molecule has 0 spiro atoms. The number of benzene rings is 3. The molecule has 0 fully saturated rings. The molecule has 0 aliphatic heterocycles. The highest BCUT2D eigenvalue weighted by Gasteiger charge is 2.09. The Morgan fingerprint density at radius 1 is 0.762 bits per heavy atom. The first-order valence-corrected chi connectivity index (χ1v) is 6.97. The van der Waals surface area contributed by atoms with Crippen LogP contribution in [0.1, 0.15) is 5.56 Å². The van der Waals surface area contributed by atoms with Crippen LogP contribution in [0.2, 0.25) is 0 Å². The minimum Gasteiger partial charge on any atom is -0.507 e. The van der Waals surface area contributed by atoms with Gasteiger partial charge in [-0.3, -0.25) is 0 Å². The van der Waals surface area contributed by atoms with E-state index in [2.05, 4.69) is 5.32 Å². The average Bonchev–Trinajstić information content (AvgIpc) is 2.51. The van der Waals surface area contributed by atoms with E-state index in [4.69, 9.17) is 0 Å². The summed E-state index contributed by atoms with van der Waals surface area (Å²) in [6, 6.07) is 18.8. The molecule has 3 heteroatoms. The van der Waals surface area contributed by atoms with Gasteiger partial charge in [0, 0.05) is 23.0 Å². The third-order valence-corrected chi connectivity index (χ3v) is 3.58.